The molecular formula is C18H20FN3O3. The molecule has 1 aromatic heterocycles. The summed E-state index contributed by atoms with van der Waals surface area (Å²) >= 11 is 0. The number of nitrogens with one attached hydrogen (secondary N) is 1. The topological polar surface area (TPSA) is 65.4 Å². The van der Waals surface area contributed by atoms with Crippen molar-refractivity contribution in [3.63, 3.8) is 0 Å². The van der Waals surface area contributed by atoms with Gasteiger partial charge in [0.25, 0.3) is 5.91 Å². The Hall–Kier alpha value is -2.25. The van der Waals surface area contributed by atoms with E-state index in [9.17, 15) is 9.18 Å². The van der Waals surface area contributed by atoms with Crippen LogP contribution in [0.4, 0.5) is 4.39 Å². The zero-order valence-electron chi connectivity index (χ0n) is 13.8. The molecule has 7 heteroatoms. The summed E-state index contributed by atoms with van der Waals surface area (Å²) in [5.41, 5.74) is 0.730. The fourth-order valence-electron chi connectivity index (χ4n) is 3.47. The molecule has 4 rings (SSSR count). The Bertz CT molecular complexity index is 760. The van der Waals surface area contributed by atoms with Crippen LogP contribution >= 0.6 is 0 Å². The highest BCUT2D eigenvalue weighted by Gasteiger charge is 2.40. The van der Waals surface area contributed by atoms with E-state index in [0.29, 0.717) is 24.5 Å². The smallest absolute Gasteiger partial charge is 0.254 e. The van der Waals surface area contributed by atoms with Crippen molar-refractivity contribution in [3.8, 4) is 5.69 Å². The fraction of sp³-hybridized carbons (Fsp3) is 0.444. The zero-order valence-corrected chi connectivity index (χ0v) is 13.8. The molecule has 0 unspecified atom stereocenters. The molecule has 1 saturated heterocycles. The molecule has 25 heavy (non-hydrogen) atoms. The molecule has 6 nitrogen and oxygen atoms in total. The molecule has 0 atom stereocenters. The molecule has 2 heterocycles. The molecule has 1 saturated carbocycles. The number of hydrogen-bond donors (Lipinski definition) is 1. The third-order valence-electron chi connectivity index (χ3n) is 4.84. The lowest BCUT2D eigenvalue weighted by Gasteiger charge is -2.35. The van der Waals surface area contributed by atoms with Gasteiger partial charge in [-0.25, -0.2) is 9.07 Å². The third kappa shape index (κ3) is 3.29. The van der Waals surface area contributed by atoms with E-state index in [1.54, 1.807) is 24.4 Å². The Labute approximate surface area is 144 Å². The molecule has 1 aliphatic heterocycles. The molecule has 2 aromatic rings. The predicted octanol–water partition coefficient (Wildman–Crippen LogP) is 2.43. The second-order valence-electron chi connectivity index (χ2n) is 6.48. The van der Waals surface area contributed by atoms with Crippen molar-refractivity contribution in [3.05, 3.63) is 48.0 Å². The molecular weight excluding hydrogens is 325 g/mol. The highest BCUT2D eigenvalue weighted by molar-refractivity contribution is 5.94. The first kappa shape index (κ1) is 16.2. The number of para-hydroxylation sites is 1. The summed E-state index contributed by atoms with van der Waals surface area (Å²) in [5.74, 6) is -1.01. The van der Waals surface area contributed by atoms with Crippen LogP contribution in [0.3, 0.4) is 0 Å². The lowest BCUT2D eigenvalue weighted by atomic mass is 9.90. The van der Waals surface area contributed by atoms with Gasteiger partial charge in [-0.05, 0) is 25.0 Å². The molecule has 1 aromatic carbocycles. The summed E-state index contributed by atoms with van der Waals surface area (Å²) in [6, 6.07) is 6.41. The number of rotatable bonds is 3. The second-order valence-corrected chi connectivity index (χ2v) is 6.48. The Kier molecular flexibility index (Phi) is 4.27. The van der Waals surface area contributed by atoms with Crippen molar-refractivity contribution in [2.24, 2.45) is 0 Å². The number of carbonyl (C=O) groups is 1. The summed E-state index contributed by atoms with van der Waals surface area (Å²) < 4.78 is 26.6. The van der Waals surface area contributed by atoms with Crippen LogP contribution in [-0.4, -0.2) is 40.7 Å². The van der Waals surface area contributed by atoms with Crippen LogP contribution in [0.25, 0.3) is 5.69 Å². The van der Waals surface area contributed by atoms with Gasteiger partial charge in [0.05, 0.1) is 25.0 Å². The van der Waals surface area contributed by atoms with Gasteiger partial charge < -0.3 is 14.8 Å². The Morgan fingerprint density at radius 1 is 1.24 bits per heavy atom. The van der Waals surface area contributed by atoms with E-state index < -0.39 is 5.79 Å². The Balaban J connectivity index is 1.38. The minimum atomic E-state index is -0.434. The number of amides is 1. The van der Waals surface area contributed by atoms with Gasteiger partial charge in [-0.2, -0.15) is 5.10 Å². The molecule has 132 valence electrons. The number of ether oxygens (including phenoxy) is 2. The lowest BCUT2D eigenvalue weighted by molar-refractivity contribution is -0.179. The van der Waals surface area contributed by atoms with E-state index in [-0.39, 0.29) is 17.8 Å². The van der Waals surface area contributed by atoms with Crippen molar-refractivity contribution < 1.29 is 18.7 Å². The molecule has 1 aliphatic carbocycles. The van der Waals surface area contributed by atoms with Crippen molar-refractivity contribution >= 4 is 5.91 Å². The molecule has 1 N–H and O–H groups in total. The van der Waals surface area contributed by atoms with Gasteiger partial charge in [-0.1, -0.05) is 12.1 Å². The van der Waals surface area contributed by atoms with Crippen molar-refractivity contribution in [1.82, 2.24) is 15.1 Å². The number of benzene rings is 1. The molecule has 0 bridgehead atoms. The van der Waals surface area contributed by atoms with Crippen LogP contribution in [-0.2, 0) is 9.47 Å². The largest absolute Gasteiger partial charge is 0.349 e. The SMILES string of the molecule is O=C(NC1CCC2(CC1)OCCO2)c1cnn(-c2ccccc2F)c1. The van der Waals surface area contributed by atoms with E-state index in [0.717, 1.165) is 25.7 Å². The third-order valence-corrected chi connectivity index (χ3v) is 4.84. The molecule has 1 amide bonds. The summed E-state index contributed by atoms with van der Waals surface area (Å²) in [6.45, 7) is 1.29. The normalized spacial score (nSPS) is 20.0. The van der Waals surface area contributed by atoms with Gasteiger partial charge in [0.15, 0.2) is 5.79 Å². The quantitative estimate of drug-likeness (QED) is 0.928. The summed E-state index contributed by atoms with van der Waals surface area (Å²) in [7, 11) is 0. The molecule has 1 spiro atoms. The molecule has 2 fully saturated rings. The fourth-order valence-corrected chi connectivity index (χ4v) is 3.47. The van der Waals surface area contributed by atoms with Gasteiger partial charge in [0.2, 0.25) is 0 Å². The molecule has 2 aliphatic rings. The van der Waals surface area contributed by atoms with E-state index >= 15 is 0 Å². The van der Waals surface area contributed by atoms with E-state index in [4.69, 9.17) is 9.47 Å². The lowest BCUT2D eigenvalue weighted by Crippen LogP contribution is -2.43. The van der Waals surface area contributed by atoms with Crippen LogP contribution in [0, 0.1) is 5.82 Å². The van der Waals surface area contributed by atoms with Crippen molar-refractivity contribution in [2.75, 3.05) is 13.2 Å². The van der Waals surface area contributed by atoms with Gasteiger partial charge in [0.1, 0.15) is 11.5 Å². The Morgan fingerprint density at radius 2 is 1.96 bits per heavy atom. The van der Waals surface area contributed by atoms with Gasteiger partial charge in [-0.15, -0.1) is 0 Å². The van der Waals surface area contributed by atoms with E-state index in [2.05, 4.69) is 10.4 Å². The van der Waals surface area contributed by atoms with Gasteiger partial charge >= 0.3 is 0 Å². The summed E-state index contributed by atoms with van der Waals surface area (Å²) in [4.78, 5) is 12.4. The number of aromatic nitrogens is 2. The average molecular weight is 345 g/mol. The Morgan fingerprint density at radius 3 is 2.68 bits per heavy atom. The first-order chi connectivity index (χ1) is 12.2. The maximum absolute atomic E-state index is 13.8. The van der Waals surface area contributed by atoms with Crippen LogP contribution in [0.15, 0.2) is 36.7 Å². The highest BCUT2D eigenvalue weighted by Crippen LogP contribution is 2.35. The first-order valence-electron chi connectivity index (χ1n) is 8.54. The van der Waals surface area contributed by atoms with Crippen LogP contribution in [0.1, 0.15) is 36.0 Å². The number of halogens is 1. The van der Waals surface area contributed by atoms with E-state index in [1.807, 2.05) is 0 Å². The minimum absolute atomic E-state index is 0.0859. The zero-order chi connectivity index (χ0) is 17.3. The first-order valence-corrected chi connectivity index (χ1v) is 8.54. The number of nitrogens with zero attached hydrogens (tertiary/aromatic N) is 2. The average Bonchev–Trinajstić information content (AvgIpc) is 3.28. The maximum atomic E-state index is 13.8. The monoisotopic (exact) mass is 345 g/mol. The van der Waals surface area contributed by atoms with Gasteiger partial charge in [-0.3, -0.25) is 4.79 Å². The highest BCUT2D eigenvalue weighted by atomic mass is 19.1. The van der Waals surface area contributed by atoms with Crippen LogP contribution in [0.2, 0.25) is 0 Å². The number of hydrogen-bond acceptors (Lipinski definition) is 4. The second kappa shape index (κ2) is 6.57. The molecule has 0 radical (unpaired) electrons. The van der Waals surface area contributed by atoms with Crippen LogP contribution < -0.4 is 5.32 Å². The number of carbonyl (C=O) groups excluding carboxylic acids is 1. The standard InChI is InChI=1S/C18H20FN3O3/c19-15-3-1-2-4-16(15)22-12-13(11-20-22)17(23)21-14-5-7-18(8-6-14)24-9-10-25-18/h1-4,11-12,14H,5-10H2,(H,21,23). The minimum Gasteiger partial charge on any atom is -0.349 e. The van der Waals surface area contributed by atoms with Crippen LogP contribution in [0.5, 0.6) is 0 Å². The van der Waals surface area contributed by atoms with Gasteiger partial charge in [0, 0.05) is 25.1 Å². The van der Waals surface area contributed by atoms with Crippen molar-refractivity contribution in [1.29, 1.82) is 0 Å². The van der Waals surface area contributed by atoms with E-state index in [1.165, 1.54) is 16.9 Å². The summed E-state index contributed by atoms with van der Waals surface area (Å²) in [6.07, 6.45) is 6.19. The van der Waals surface area contributed by atoms with Crippen molar-refractivity contribution in [2.45, 2.75) is 37.5 Å². The predicted molar refractivity (Wildman–Crippen MR) is 87.9 cm³/mol. The maximum Gasteiger partial charge on any atom is 0.254 e. The summed E-state index contributed by atoms with van der Waals surface area (Å²) in [5, 5.41) is 7.12.